The molecule has 17 heavy (non-hydrogen) atoms. The Balaban J connectivity index is 2.31. The van der Waals surface area contributed by atoms with Crippen LogP contribution in [0.25, 0.3) is 0 Å². The first-order valence-electron chi connectivity index (χ1n) is 5.65. The second-order valence-electron chi connectivity index (χ2n) is 4.42. The number of aldehydes is 1. The Kier molecular flexibility index (Phi) is 2.56. The van der Waals surface area contributed by atoms with Crippen molar-refractivity contribution in [1.82, 2.24) is 0 Å². The van der Waals surface area contributed by atoms with Crippen molar-refractivity contribution in [3.8, 4) is 0 Å². The first-order chi connectivity index (χ1) is 8.20. The maximum absolute atomic E-state index is 11.0. The Hall–Kier alpha value is -1.13. The molecule has 4 heteroatoms. The summed E-state index contributed by atoms with van der Waals surface area (Å²) in [5.41, 5.74) is 3.90. The fourth-order valence-electron chi connectivity index (χ4n) is 2.57. The molecule has 0 saturated heterocycles. The minimum Gasteiger partial charge on any atom is -0.370 e. The highest BCUT2D eigenvalue weighted by Gasteiger charge is 2.28. The van der Waals surface area contributed by atoms with Gasteiger partial charge in [-0.15, -0.1) is 0 Å². The smallest absolute Gasteiger partial charge is 0.150 e. The van der Waals surface area contributed by atoms with E-state index in [2.05, 4.69) is 4.90 Å². The van der Waals surface area contributed by atoms with Gasteiger partial charge >= 0.3 is 0 Å². The van der Waals surface area contributed by atoms with E-state index in [4.69, 9.17) is 24.4 Å². The van der Waals surface area contributed by atoms with Gasteiger partial charge in [0.25, 0.3) is 0 Å². The molecule has 3 rings (SSSR count). The molecular formula is C13H11NOS2. The Morgan fingerprint density at radius 1 is 1.06 bits per heavy atom. The Labute approximate surface area is 111 Å². The summed E-state index contributed by atoms with van der Waals surface area (Å²) < 4.78 is 0. The van der Waals surface area contributed by atoms with Crippen LogP contribution >= 0.6 is 24.4 Å². The van der Waals surface area contributed by atoms with E-state index < -0.39 is 0 Å². The van der Waals surface area contributed by atoms with Gasteiger partial charge in [0.05, 0.1) is 5.69 Å². The summed E-state index contributed by atoms with van der Waals surface area (Å²) in [7, 11) is 0. The first-order valence-corrected chi connectivity index (χ1v) is 6.47. The fourth-order valence-corrected chi connectivity index (χ4v) is 3.06. The molecule has 0 radical (unpaired) electrons. The van der Waals surface area contributed by atoms with E-state index in [1.54, 1.807) is 0 Å². The summed E-state index contributed by atoms with van der Waals surface area (Å²) in [5, 5.41) is 0. The number of thiocarbonyl (C=S) groups is 2. The highest BCUT2D eigenvalue weighted by atomic mass is 32.1. The topological polar surface area (TPSA) is 20.3 Å². The third-order valence-corrected chi connectivity index (χ3v) is 4.25. The monoisotopic (exact) mass is 261 g/mol. The number of nitrogens with zero attached hydrogens (tertiary/aromatic N) is 1. The van der Waals surface area contributed by atoms with Crippen LogP contribution < -0.4 is 4.90 Å². The van der Waals surface area contributed by atoms with Crippen LogP contribution in [0.15, 0.2) is 12.1 Å². The third-order valence-electron chi connectivity index (χ3n) is 3.40. The molecular weight excluding hydrogens is 250 g/mol. The molecule has 0 amide bonds. The van der Waals surface area contributed by atoms with Crippen molar-refractivity contribution in [3.05, 3.63) is 28.8 Å². The lowest BCUT2D eigenvalue weighted by molar-refractivity contribution is 0.112. The molecule has 0 saturated carbocycles. The van der Waals surface area contributed by atoms with Gasteiger partial charge in [-0.05, 0) is 12.1 Å². The molecule has 0 fully saturated rings. The molecule has 0 aliphatic carbocycles. The Morgan fingerprint density at radius 3 is 2.06 bits per heavy atom. The third kappa shape index (κ3) is 1.63. The molecule has 0 spiro atoms. The van der Waals surface area contributed by atoms with Crippen LogP contribution in [0.3, 0.4) is 0 Å². The molecule has 0 bridgehead atoms. The van der Waals surface area contributed by atoms with Crippen LogP contribution in [0.4, 0.5) is 5.69 Å². The van der Waals surface area contributed by atoms with Crippen molar-refractivity contribution in [3.63, 3.8) is 0 Å². The number of rotatable bonds is 1. The van der Waals surface area contributed by atoms with Gasteiger partial charge in [0.15, 0.2) is 0 Å². The fraction of sp³-hybridized carbons (Fsp3) is 0.308. The van der Waals surface area contributed by atoms with Crippen molar-refractivity contribution in [2.75, 3.05) is 18.0 Å². The van der Waals surface area contributed by atoms with Crippen LogP contribution in [0.1, 0.15) is 34.3 Å². The van der Waals surface area contributed by atoms with Gasteiger partial charge in [-0.1, -0.05) is 24.4 Å². The number of benzene rings is 1. The summed E-state index contributed by atoms with van der Waals surface area (Å²) in [6.07, 6.45) is 2.67. The average molecular weight is 261 g/mol. The largest absolute Gasteiger partial charge is 0.370 e. The Bertz CT molecular complexity index is 509. The zero-order valence-electron chi connectivity index (χ0n) is 9.23. The predicted octanol–water partition coefficient (Wildman–Crippen LogP) is 2.55. The summed E-state index contributed by atoms with van der Waals surface area (Å²) >= 11 is 10.8. The van der Waals surface area contributed by atoms with E-state index in [1.807, 2.05) is 12.1 Å². The van der Waals surface area contributed by atoms with Crippen molar-refractivity contribution >= 4 is 46.1 Å². The van der Waals surface area contributed by atoms with Crippen molar-refractivity contribution in [2.45, 2.75) is 12.8 Å². The molecule has 2 aliphatic rings. The van der Waals surface area contributed by atoms with Gasteiger partial charge in [-0.3, -0.25) is 4.79 Å². The van der Waals surface area contributed by atoms with Crippen LogP contribution in [-0.2, 0) is 0 Å². The van der Waals surface area contributed by atoms with Gasteiger partial charge in [0, 0.05) is 52.4 Å². The molecule has 0 N–H and O–H groups in total. The summed E-state index contributed by atoms with van der Waals surface area (Å²) in [5.74, 6) is 0. The van der Waals surface area contributed by atoms with E-state index in [9.17, 15) is 4.79 Å². The second-order valence-corrected chi connectivity index (χ2v) is 5.40. The molecule has 86 valence electrons. The van der Waals surface area contributed by atoms with Crippen molar-refractivity contribution in [1.29, 1.82) is 0 Å². The number of carbonyl (C=O) groups is 1. The molecule has 0 unspecified atom stereocenters. The van der Waals surface area contributed by atoms with E-state index in [1.165, 1.54) is 0 Å². The highest BCUT2D eigenvalue weighted by Crippen LogP contribution is 2.36. The number of anilines is 1. The normalized spacial score (nSPS) is 18.0. The molecule has 2 aliphatic heterocycles. The van der Waals surface area contributed by atoms with E-state index in [0.717, 1.165) is 58.8 Å². The van der Waals surface area contributed by atoms with E-state index in [-0.39, 0.29) is 0 Å². The first kappa shape index (κ1) is 11.0. The lowest BCUT2D eigenvalue weighted by Gasteiger charge is -2.37. The molecule has 2 nitrogen and oxygen atoms in total. The van der Waals surface area contributed by atoms with E-state index >= 15 is 0 Å². The molecule has 1 aromatic rings. The highest BCUT2D eigenvalue weighted by molar-refractivity contribution is 7.81. The number of carbonyl (C=O) groups excluding carboxylic acids is 1. The molecule has 0 aromatic heterocycles. The number of hydrogen-bond donors (Lipinski definition) is 0. The minimum atomic E-state index is 0.673. The van der Waals surface area contributed by atoms with Crippen LogP contribution in [0, 0.1) is 0 Å². The van der Waals surface area contributed by atoms with Crippen LogP contribution in [0.5, 0.6) is 0 Å². The van der Waals surface area contributed by atoms with Gasteiger partial charge in [0.2, 0.25) is 0 Å². The minimum absolute atomic E-state index is 0.673. The van der Waals surface area contributed by atoms with Crippen LogP contribution in [0.2, 0.25) is 0 Å². The zero-order valence-corrected chi connectivity index (χ0v) is 10.9. The Morgan fingerprint density at radius 2 is 1.59 bits per heavy atom. The maximum Gasteiger partial charge on any atom is 0.150 e. The van der Waals surface area contributed by atoms with Gasteiger partial charge in [-0.25, -0.2) is 0 Å². The quantitative estimate of drug-likeness (QED) is 0.571. The summed E-state index contributed by atoms with van der Waals surface area (Å²) in [6, 6.07) is 3.79. The lowest BCUT2D eigenvalue weighted by atomic mass is 9.90. The van der Waals surface area contributed by atoms with Gasteiger partial charge < -0.3 is 4.90 Å². The number of hydrogen-bond acceptors (Lipinski definition) is 4. The predicted molar refractivity (Wildman–Crippen MR) is 76.7 cm³/mol. The molecule has 2 heterocycles. The SMILES string of the molecule is O=Cc1cc2c3c(c1)C(=S)CCN3CCC2=S. The zero-order chi connectivity index (χ0) is 12.0. The lowest BCUT2D eigenvalue weighted by Crippen LogP contribution is -2.38. The van der Waals surface area contributed by atoms with Gasteiger partial charge in [0.1, 0.15) is 6.29 Å². The van der Waals surface area contributed by atoms with Crippen LogP contribution in [-0.4, -0.2) is 29.1 Å². The van der Waals surface area contributed by atoms with Gasteiger partial charge in [-0.2, -0.15) is 0 Å². The summed E-state index contributed by atoms with van der Waals surface area (Å²) in [4.78, 5) is 15.2. The van der Waals surface area contributed by atoms with E-state index in [0.29, 0.717) is 5.56 Å². The second kappa shape index (κ2) is 3.96. The van der Waals surface area contributed by atoms with Crippen molar-refractivity contribution < 1.29 is 4.79 Å². The maximum atomic E-state index is 11.0. The molecule has 0 atom stereocenters. The standard InChI is InChI=1S/C13H11NOS2/c15-7-8-5-9-11(16)1-3-14-4-2-12(17)10(6-8)13(9)14/h5-7H,1-4H2. The van der Waals surface area contributed by atoms with Crippen molar-refractivity contribution in [2.24, 2.45) is 0 Å². The average Bonchev–Trinajstić information content (AvgIpc) is 2.36. The molecule has 1 aromatic carbocycles. The summed E-state index contributed by atoms with van der Waals surface area (Å²) in [6.45, 7) is 1.95.